The summed E-state index contributed by atoms with van der Waals surface area (Å²) in [5.41, 5.74) is 0. The molecule has 1 nitrogen and oxygen atoms in total. The molecular weight excluding hydrogens is 156 g/mol. The maximum absolute atomic E-state index is 5.21. The molecule has 0 aromatic carbocycles. The third-order valence-electron chi connectivity index (χ3n) is 1.51. The van der Waals surface area contributed by atoms with E-state index in [2.05, 4.69) is 6.58 Å². The number of rotatable bonds is 7. The zero-order valence-corrected chi connectivity index (χ0v) is 10.3. The quantitative estimate of drug-likeness (QED) is 0.311. The lowest BCUT2D eigenvalue weighted by Gasteiger charge is -1.97. The van der Waals surface area contributed by atoms with Crippen molar-refractivity contribution in [2.45, 2.75) is 31.7 Å². The van der Waals surface area contributed by atoms with Crippen molar-refractivity contribution in [3.8, 4) is 0 Å². The molecule has 0 rings (SSSR count). The van der Waals surface area contributed by atoms with Gasteiger partial charge in [0, 0.05) is 0 Å². The monoisotopic (exact) mass is 174 g/mol. The Balaban J connectivity index is 2.70. The van der Waals surface area contributed by atoms with Crippen LogP contribution in [-0.2, 0) is 4.12 Å². The molecular formula is C7H18OSi2. The van der Waals surface area contributed by atoms with Crippen molar-refractivity contribution < 1.29 is 4.12 Å². The molecule has 0 aromatic heterocycles. The summed E-state index contributed by atoms with van der Waals surface area (Å²) < 4.78 is 5.21. The Morgan fingerprint density at radius 1 is 1.40 bits per heavy atom. The lowest BCUT2D eigenvalue weighted by Crippen LogP contribution is -1.92. The largest absolute Gasteiger partial charge is 0.468 e. The fourth-order valence-corrected chi connectivity index (χ4v) is 2.60. The van der Waals surface area contributed by atoms with E-state index in [0.717, 1.165) is 10.5 Å². The van der Waals surface area contributed by atoms with Crippen molar-refractivity contribution in [2.75, 3.05) is 0 Å². The minimum atomic E-state index is -0.0767. The summed E-state index contributed by atoms with van der Waals surface area (Å²) in [4.78, 5) is 0. The second-order valence-electron chi connectivity index (χ2n) is 2.48. The van der Waals surface area contributed by atoms with Crippen molar-refractivity contribution in [1.29, 1.82) is 0 Å². The highest BCUT2D eigenvalue weighted by molar-refractivity contribution is 6.34. The molecule has 0 aliphatic heterocycles. The van der Waals surface area contributed by atoms with E-state index in [1.165, 1.54) is 31.7 Å². The van der Waals surface area contributed by atoms with Crippen LogP contribution < -0.4 is 0 Å². The normalized spacial score (nSPS) is 11.2. The molecule has 0 bridgehead atoms. The van der Waals surface area contributed by atoms with Crippen LogP contribution in [0.5, 0.6) is 0 Å². The van der Waals surface area contributed by atoms with E-state index in [-0.39, 0.29) is 9.76 Å². The molecule has 3 heteroatoms. The van der Waals surface area contributed by atoms with Crippen LogP contribution in [0.4, 0.5) is 0 Å². The van der Waals surface area contributed by atoms with Crippen LogP contribution in [0.25, 0.3) is 0 Å². The van der Waals surface area contributed by atoms with Crippen molar-refractivity contribution >= 4 is 20.2 Å². The molecule has 0 heterocycles. The summed E-state index contributed by atoms with van der Waals surface area (Å²) in [5, 5.41) is 0. The van der Waals surface area contributed by atoms with E-state index < -0.39 is 0 Å². The molecule has 0 aliphatic carbocycles. The van der Waals surface area contributed by atoms with E-state index in [0.29, 0.717) is 0 Å². The first-order valence-corrected chi connectivity index (χ1v) is 6.41. The van der Waals surface area contributed by atoms with Gasteiger partial charge in [-0.1, -0.05) is 18.9 Å². The van der Waals surface area contributed by atoms with Crippen LogP contribution in [0, 0.1) is 0 Å². The van der Waals surface area contributed by atoms with Gasteiger partial charge < -0.3 is 4.12 Å². The predicted octanol–water partition coefficient (Wildman–Crippen LogP) is 0.532. The van der Waals surface area contributed by atoms with Gasteiger partial charge in [0.25, 0.3) is 0 Å². The van der Waals surface area contributed by atoms with Gasteiger partial charge in [0.05, 0.1) is 0 Å². The van der Waals surface area contributed by atoms with Gasteiger partial charge in [-0.15, -0.1) is 6.58 Å². The molecule has 0 aromatic rings. The zero-order chi connectivity index (χ0) is 7.66. The van der Waals surface area contributed by atoms with Crippen molar-refractivity contribution in [2.24, 2.45) is 0 Å². The van der Waals surface area contributed by atoms with E-state index >= 15 is 0 Å². The number of hydrogen-bond acceptors (Lipinski definition) is 1. The first-order valence-electron chi connectivity index (χ1n) is 4.01. The van der Waals surface area contributed by atoms with Gasteiger partial charge >= 0.3 is 0 Å². The van der Waals surface area contributed by atoms with Crippen molar-refractivity contribution in [1.82, 2.24) is 0 Å². The molecule has 60 valence electrons. The van der Waals surface area contributed by atoms with Gasteiger partial charge in [-0.2, -0.15) is 0 Å². The maximum atomic E-state index is 5.21. The van der Waals surface area contributed by atoms with Crippen LogP contribution in [0.3, 0.4) is 0 Å². The molecule has 0 unspecified atom stereocenters. The molecule has 0 amide bonds. The Morgan fingerprint density at radius 2 is 2.20 bits per heavy atom. The molecule has 0 radical (unpaired) electrons. The Hall–Kier alpha value is 0.134. The fraction of sp³-hybridized carbons (Fsp3) is 0.714. The molecule has 0 saturated heterocycles. The Bertz CT molecular complexity index is 76.0. The van der Waals surface area contributed by atoms with Crippen molar-refractivity contribution in [3.63, 3.8) is 0 Å². The highest BCUT2D eigenvalue weighted by Gasteiger charge is 1.87. The average molecular weight is 174 g/mol. The van der Waals surface area contributed by atoms with E-state index in [1.807, 2.05) is 6.08 Å². The predicted molar refractivity (Wildman–Crippen MR) is 53.0 cm³/mol. The molecule has 0 fully saturated rings. The van der Waals surface area contributed by atoms with Crippen LogP contribution in [-0.4, -0.2) is 20.2 Å². The Morgan fingerprint density at radius 3 is 2.80 bits per heavy atom. The summed E-state index contributed by atoms with van der Waals surface area (Å²) in [6, 6.07) is 1.38. The lowest BCUT2D eigenvalue weighted by molar-refractivity contribution is 0.642. The first-order chi connectivity index (χ1) is 4.91. The third-order valence-corrected chi connectivity index (χ3v) is 3.93. The number of hydrogen-bond donors (Lipinski definition) is 0. The second-order valence-corrected chi connectivity index (χ2v) is 5.91. The van der Waals surface area contributed by atoms with Crippen LogP contribution in [0.2, 0.25) is 6.04 Å². The highest BCUT2D eigenvalue weighted by atomic mass is 28.3. The SMILES string of the molecule is C=CCCCCC[SiH2]O[SiH3]. The summed E-state index contributed by atoms with van der Waals surface area (Å²) in [6.45, 7) is 3.68. The van der Waals surface area contributed by atoms with Gasteiger partial charge in [0.1, 0.15) is 20.2 Å². The lowest BCUT2D eigenvalue weighted by atomic mass is 10.2. The number of allylic oxidation sites excluding steroid dienone is 1. The summed E-state index contributed by atoms with van der Waals surface area (Å²) >= 11 is 0. The minimum absolute atomic E-state index is 0.0767. The molecule has 0 atom stereocenters. The van der Waals surface area contributed by atoms with Crippen LogP contribution in [0.15, 0.2) is 12.7 Å². The maximum Gasteiger partial charge on any atom is 0.145 e. The summed E-state index contributed by atoms with van der Waals surface area (Å²) in [6.07, 6.45) is 7.25. The van der Waals surface area contributed by atoms with Crippen LogP contribution in [0.1, 0.15) is 25.7 Å². The second kappa shape index (κ2) is 9.13. The topological polar surface area (TPSA) is 9.23 Å². The molecule has 0 N–H and O–H groups in total. The van der Waals surface area contributed by atoms with E-state index in [9.17, 15) is 0 Å². The Labute approximate surface area is 69.3 Å². The average Bonchev–Trinajstić information content (AvgIpc) is 1.97. The summed E-state index contributed by atoms with van der Waals surface area (Å²) in [7, 11) is 0.878. The van der Waals surface area contributed by atoms with Gasteiger partial charge in [-0.05, 0) is 18.9 Å². The van der Waals surface area contributed by atoms with Gasteiger partial charge in [0.2, 0.25) is 0 Å². The van der Waals surface area contributed by atoms with Gasteiger partial charge in [-0.3, -0.25) is 0 Å². The molecule has 0 aliphatic rings. The highest BCUT2D eigenvalue weighted by Crippen LogP contribution is 2.02. The summed E-state index contributed by atoms with van der Waals surface area (Å²) in [5.74, 6) is 0. The van der Waals surface area contributed by atoms with Crippen molar-refractivity contribution in [3.05, 3.63) is 12.7 Å². The fourth-order valence-electron chi connectivity index (χ4n) is 0.889. The van der Waals surface area contributed by atoms with Gasteiger partial charge in [0.15, 0.2) is 0 Å². The molecule has 10 heavy (non-hydrogen) atoms. The first kappa shape index (κ1) is 10.1. The molecule has 0 saturated carbocycles. The number of unbranched alkanes of at least 4 members (excludes halogenated alkanes) is 3. The van der Waals surface area contributed by atoms with Crippen LogP contribution >= 0.6 is 0 Å². The standard InChI is InChI=1S/C7H18OSi2/c1-2-3-4-5-6-7-10-8-9/h2H,1,3-7,10H2,9H3. The third kappa shape index (κ3) is 8.13. The smallest absolute Gasteiger partial charge is 0.145 e. The zero-order valence-electron chi connectivity index (χ0n) is 6.94. The van der Waals surface area contributed by atoms with E-state index in [1.54, 1.807) is 0 Å². The van der Waals surface area contributed by atoms with E-state index in [4.69, 9.17) is 4.12 Å². The Kier molecular flexibility index (Phi) is 9.26. The van der Waals surface area contributed by atoms with Gasteiger partial charge in [-0.25, -0.2) is 0 Å². The minimum Gasteiger partial charge on any atom is -0.468 e. The molecule has 0 spiro atoms.